The third-order valence-corrected chi connectivity index (χ3v) is 3.92. The molecule has 110 valence electrons. The smallest absolute Gasteiger partial charge is 0.337 e. The zero-order valence-electron chi connectivity index (χ0n) is 11.8. The predicted molar refractivity (Wildman–Crippen MR) is 87.0 cm³/mol. The number of anilines is 1. The van der Waals surface area contributed by atoms with E-state index in [2.05, 4.69) is 5.32 Å². The van der Waals surface area contributed by atoms with Crippen LogP contribution < -0.4 is 5.32 Å². The average Bonchev–Trinajstić information content (AvgIpc) is 2.65. The molecule has 6 heteroatoms. The molecule has 0 saturated heterocycles. The number of aromatic carboxylic acids is 1. The molecular weight excluding hydrogens is 385 g/mol. The zero-order chi connectivity index (χ0) is 15.7. The molecule has 0 aliphatic carbocycles. The van der Waals surface area contributed by atoms with Crippen LogP contribution in [0.5, 0.6) is 0 Å². The lowest BCUT2D eigenvalue weighted by Crippen LogP contribution is -2.16. The highest BCUT2D eigenvalue weighted by Crippen LogP contribution is 2.24. The van der Waals surface area contributed by atoms with E-state index >= 15 is 0 Å². The van der Waals surface area contributed by atoms with Gasteiger partial charge in [0.2, 0.25) is 0 Å². The van der Waals surface area contributed by atoms with Crippen molar-refractivity contribution in [2.75, 3.05) is 5.32 Å². The summed E-state index contributed by atoms with van der Waals surface area (Å²) in [5.74, 6) is -0.255. The Hall–Kier alpha value is -1.83. The lowest BCUT2D eigenvalue weighted by atomic mass is 10.1. The van der Waals surface area contributed by atoms with E-state index in [0.29, 0.717) is 17.1 Å². The maximum atomic E-state index is 12.4. The van der Waals surface area contributed by atoms with Gasteiger partial charge in [0.25, 0.3) is 5.91 Å². The lowest BCUT2D eigenvalue weighted by Gasteiger charge is -2.09. The Labute approximate surface area is 135 Å². The van der Waals surface area contributed by atoms with E-state index in [1.807, 2.05) is 22.6 Å². The second kappa shape index (κ2) is 5.88. The normalized spacial score (nSPS) is 10.5. The standard InChI is InChI=1S/C15H14INO4/c1-7-8(2)21-9(3)13(7)14(18)17-12-5-4-10(16)6-11(12)15(19)20/h4-6H,1-3H3,(H,17,18)(H,19,20). The van der Waals surface area contributed by atoms with Crippen molar-refractivity contribution in [3.8, 4) is 0 Å². The molecule has 0 fully saturated rings. The Kier molecular flexibility index (Phi) is 4.36. The van der Waals surface area contributed by atoms with Crippen molar-refractivity contribution >= 4 is 40.2 Å². The maximum absolute atomic E-state index is 12.4. The van der Waals surface area contributed by atoms with E-state index in [9.17, 15) is 14.7 Å². The molecule has 2 N–H and O–H groups in total. The van der Waals surface area contributed by atoms with E-state index in [0.717, 1.165) is 9.13 Å². The highest BCUT2D eigenvalue weighted by Gasteiger charge is 2.20. The fraction of sp³-hybridized carbons (Fsp3) is 0.200. The minimum absolute atomic E-state index is 0.0609. The number of benzene rings is 1. The average molecular weight is 399 g/mol. The summed E-state index contributed by atoms with van der Waals surface area (Å²) in [5, 5.41) is 11.9. The van der Waals surface area contributed by atoms with Gasteiger partial charge in [0.15, 0.2) is 0 Å². The zero-order valence-corrected chi connectivity index (χ0v) is 13.9. The van der Waals surface area contributed by atoms with Gasteiger partial charge in [0.05, 0.1) is 16.8 Å². The Morgan fingerprint density at radius 2 is 1.86 bits per heavy atom. The number of furan rings is 1. The third-order valence-electron chi connectivity index (χ3n) is 3.25. The first-order valence-electron chi connectivity index (χ1n) is 6.22. The first-order valence-corrected chi connectivity index (χ1v) is 7.30. The Balaban J connectivity index is 2.38. The fourth-order valence-corrected chi connectivity index (χ4v) is 2.61. The summed E-state index contributed by atoms with van der Waals surface area (Å²) < 4.78 is 6.21. The van der Waals surface area contributed by atoms with Gasteiger partial charge in [-0.1, -0.05) is 0 Å². The monoisotopic (exact) mass is 399 g/mol. The number of hydrogen-bond acceptors (Lipinski definition) is 3. The molecular formula is C15H14INO4. The van der Waals surface area contributed by atoms with Crippen molar-refractivity contribution in [2.45, 2.75) is 20.8 Å². The summed E-state index contributed by atoms with van der Waals surface area (Å²) in [4.78, 5) is 23.6. The summed E-state index contributed by atoms with van der Waals surface area (Å²) >= 11 is 2.02. The van der Waals surface area contributed by atoms with Crippen molar-refractivity contribution in [1.82, 2.24) is 0 Å². The number of rotatable bonds is 3. The minimum atomic E-state index is -1.08. The molecule has 0 atom stereocenters. The minimum Gasteiger partial charge on any atom is -0.478 e. The van der Waals surface area contributed by atoms with Gasteiger partial charge in [-0.05, 0) is 61.6 Å². The van der Waals surface area contributed by atoms with E-state index in [-0.39, 0.29) is 17.2 Å². The Bertz CT molecular complexity index is 734. The number of aryl methyl sites for hydroxylation is 2. The quantitative estimate of drug-likeness (QED) is 0.771. The first kappa shape index (κ1) is 15.6. The van der Waals surface area contributed by atoms with Gasteiger partial charge in [-0.15, -0.1) is 0 Å². The second-order valence-corrected chi connectivity index (χ2v) is 5.91. The van der Waals surface area contributed by atoms with Crippen LogP contribution in [0.1, 0.15) is 37.8 Å². The molecule has 1 aromatic carbocycles. The van der Waals surface area contributed by atoms with Crippen LogP contribution in [0.15, 0.2) is 22.6 Å². The van der Waals surface area contributed by atoms with Crippen LogP contribution in [0.4, 0.5) is 5.69 Å². The van der Waals surface area contributed by atoms with Gasteiger partial charge in [-0.3, -0.25) is 4.79 Å². The van der Waals surface area contributed by atoms with E-state index < -0.39 is 5.97 Å². The van der Waals surface area contributed by atoms with Crippen LogP contribution in [0.2, 0.25) is 0 Å². The van der Waals surface area contributed by atoms with Crippen molar-refractivity contribution in [3.63, 3.8) is 0 Å². The van der Waals surface area contributed by atoms with Gasteiger partial charge in [0.1, 0.15) is 11.5 Å². The molecule has 2 aromatic rings. The van der Waals surface area contributed by atoms with Crippen LogP contribution in [-0.4, -0.2) is 17.0 Å². The summed E-state index contributed by atoms with van der Waals surface area (Å²) in [5.41, 5.74) is 1.53. The van der Waals surface area contributed by atoms with E-state index in [1.54, 1.807) is 32.9 Å². The first-order chi connectivity index (χ1) is 9.81. The number of hydrogen-bond donors (Lipinski definition) is 2. The number of nitrogens with one attached hydrogen (secondary N) is 1. The maximum Gasteiger partial charge on any atom is 0.337 e. The highest BCUT2D eigenvalue weighted by atomic mass is 127. The molecule has 0 saturated carbocycles. The Morgan fingerprint density at radius 3 is 2.38 bits per heavy atom. The van der Waals surface area contributed by atoms with Crippen LogP contribution in [0.25, 0.3) is 0 Å². The highest BCUT2D eigenvalue weighted by molar-refractivity contribution is 14.1. The molecule has 0 radical (unpaired) electrons. The number of carboxylic acids is 1. The van der Waals surface area contributed by atoms with Crippen molar-refractivity contribution < 1.29 is 19.1 Å². The van der Waals surface area contributed by atoms with Gasteiger partial charge in [-0.25, -0.2) is 4.79 Å². The summed E-state index contributed by atoms with van der Waals surface area (Å²) in [6, 6.07) is 4.84. The molecule has 0 aliphatic rings. The SMILES string of the molecule is Cc1oc(C)c(C(=O)Nc2ccc(I)cc2C(=O)O)c1C. The lowest BCUT2D eigenvalue weighted by molar-refractivity contribution is 0.0698. The topological polar surface area (TPSA) is 79.5 Å². The molecule has 21 heavy (non-hydrogen) atoms. The second-order valence-electron chi connectivity index (χ2n) is 4.66. The predicted octanol–water partition coefficient (Wildman–Crippen LogP) is 3.76. The molecule has 1 heterocycles. The van der Waals surface area contributed by atoms with Crippen LogP contribution in [0, 0.1) is 24.3 Å². The van der Waals surface area contributed by atoms with E-state index in [1.165, 1.54) is 6.07 Å². The number of carboxylic acid groups (broad SMARTS) is 1. The Morgan fingerprint density at radius 1 is 1.19 bits per heavy atom. The van der Waals surface area contributed by atoms with E-state index in [4.69, 9.17) is 4.42 Å². The molecule has 1 aromatic heterocycles. The molecule has 0 bridgehead atoms. The molecule has 0 aliphatic heterocycles. The summed E-state index contributed by atoms with van der Waals surface area (Å²) in [6.45, 7) is 5.29. The molecule has 0 unspecified atom stereocenters. The summed E-state index contributed by atoms with van der Waals surface area (Å²) in [6.07, 6.45) is 0. The van der Waals surface area contributed by atoms with Gasteiger partial charge in [0, 0.05) is 9.13 Å². The number of amides is 1. The van der Waals surface area contributed by atoms with Crippen molar-refractivity contribution in [3.05, 3.63) is 50.0 Å². The van der Waals surface area contributed by atoms with Gasteiger partial charge < -0.3 is 14.8 Å². The number of carbonyl (C=O) groups excluding carboxylic acids is 1. The number of carbonyl (C=O) groups is 2. The molecule has 1 amide bonds. The molecule has 0 spiro atoms. The third kappa shape index (κ3) is 3.10. The number of halogens is 1. The van der Waals surface area contributed by atoms with Crippen molar-refractivity contribution in [2.24, 2.45) is 0 Å². The molecule has 2 rings (SSSR count). The van der Waals surface area contributed by atoms with Gasteiger partial charge >= 0.3 is 5.97 Å². The molecule has 5 nitrogen and oxygen atoms in total. The van der Waals surface area contributed by atoms with Crippen LogP contribution in [0.3, 0.4) is 0 Å². The fourth-order valence-electron chi connectivity index (χ4n) is 2.11. The van der Waals surface area contributed by atoms with Crippen LogP contribution in [-0.2, 0) is 0 Å². The summed E-state index contributed by atoms with van der Waals surface area (Å²) in [7, 11) is 0. The van der Waals surface area contributed by atoms with Crippen molar-refractivity contribution in [1.29, 1.82) is 0 Å². The van der Waals surface area contributed by atoms with Gasteiger partial charge in [-0.2, -0.15) is 0 Å². The van der Waals surface area contributed by atoms with Crippen LogP contribution >= 0.6 is 22.6 Å². The largest absolute Gasteiger partial charge is 0.478 e.